The van der Waals surface area contributed by atoms with Gasteiger partial charge in [0, 0.05) is 24.1 Å². The molecule has 0 aliphatic heterocycles. The van der Waals surface area contributed by atoms with Crippen LogP contribution in [0.25, 0.3) is 0 Å². The number of primary amides is 1. The smallest absolute Gasteiger partial charge is 0.408 e. The van der Waals surface area contributed by atoms with Crippen molar-refractivity contribution in [1.82, 2.24) is 10.6 Å². The maximum absolute atomic E-state index is 12.7. The number of nitrogens with two attached hydrogens (primary N) is 1. The van der Waals surface area contributed by atoms with Crippen molar-refractivity contribution in [3.63, 3.8) is 0 Å². The van der Waals surface area contributed by atoms with Crippen molar-refractivity contribution in [2.24, 2.45) is 5.73 Å². The van der Waals surface area contributed by atoms with E-state index in [1.54, 1.807) is 30.3 Å². The highest BCUT2D eigenvalue weighted by Crippen LogP contribution is 2.25. The summed E-state index contributed by atoms with van der Waals surface area (Å²) in [6.07, 6.45) is -2.53. The number of carbonyl (C=O) groups excluding carboxylic acids is 3. The van der Waals surface area contributed by atoms with Crippen molar-refractivity contribution in [2.75, 3.05) is 7.11 Å². The molecule has 0 heterocycles. The van der Waals surface area contributed by atoms with Gasteiger partial charge in [-0.05, 0) is 18.6 Å². The van der Waals surface area contributed by atoms with E-state index in [1.165, 1.54) is 32.2 Å². The van der Waals surface area contributed by atoms with Gasteiger partial charge in [-0.25, -0.2) is 4.79 Å². The predicted molar refractivity (Wildman–Crippen MR) is 120 cm³/mol. The van der Waals surface area contributed by atoms with Gasteiger partial charge in [0.25, 0.3) is 5.69 Å². The Morgan fingerprint density at radius 1 is 1.15 bits per heavy atom. The minimum atomic E-state index is -1.46. The summed E-state index contributed by atoms with van der Waals surface area (Å²) in [6, 6.07) is 9.83. The molecule has 5 N–H and O–H groups in total. The molecule has 34 heavy (non-hydrogen) atoms. The fourth-order valence-electron chi connectivity index (χ4n) is 3.04. The number of ether oxygens (including phenoxy) is 2. The van der Waals surface area contributed by atoms with Crippen LogP contribution >= 0.6 is 0 Å². The zero-order chi connectivity index (χ0) is 25.3. The van der Waals surface area contributed by atoms with Gasteiger partial charge in [0.05, 0.1) is 18.1 Å². The Balaban J connectivity index is 2.10. The lowest BCUT2D eigenvalue weighted by molar-refractivity contribution is -0.384. The summed E-state index contributed by atoms with van der Waals surface area (Å²) in [6.45, 7) is 1.21. The molecule has 0 unspecified atom stereocenters. The van der Waals surface area contributed by atoms with Gasteiger partial charge < -0.3 is 30.9 Å². The second kappa shape index (κ2) is 12.2. The standard InChI is InChI=1S/C22H26N4O8/c1-13(27)19(25-22(30)34-12-14-6-4-3-5-7-14)21(29)24-17(20(23)28)11-15-10-16(26(31)32)8-9-18(15)33-2/h3-10,13,17,19,27H,11-12H2,1-2H3,(H2,23,28)(H,24,29)(H,25,30)/t13-,17-,19+/m1/s1. The molecule has 0 saturated heterocycles. The topological polar surface area (TPSA) is 183 Å². The molecule has 0 aliphatic rings. The number of aliphatic hydroxyl groups is 1. The predicted octanol–water partition coefficient (Wildman–Crippen LogP) is 0.792. The first-order chi connectivity index (χ1) is 16.1. The van der Waals surface area contributed by atoms with E-state index >= 15 is 0 Å². The number of nitrogens with zero attached hydrogens (tertiary/aromatic N) is 1. The molecule has 3 atom stereocenters. The van der Waals surface area contributed by atoms with Crippen LogP contribution in [0.5, 0.6) is 5.75 Å². The average Bonchev–Trinajstić information content (AvgIpc) is 2.80. The highest BCUT2D eigenvalue weighted by Gasteiger charge is 2.30. The summed E-state index contributed by atoms with van der Waals surface area (Å²) in [5.41, 5.74) is 6.14. The van der Waals surface area contributed by atoms with Crippen molar-refractivity contribution in [2.45, 2.75) is 38.1 Å². The van der Waals surface area contributed by atoms with Crippen LogP contribution in [0.2, 0.25) is 0 Å². The first kappa shape index (κ1) is 26.1. The zero-order valence-electron chi connectivity index (χ0n) is 18.6. The quantitative estimate of drug-likeness (QED) is 0.272. The molecule has 2 aromatic rings. The van der Waals surface area contributed by atoms with Gasteiger partial charge in [0.15, 0.2) is 0 Å². The minimum absolute atomic E-state index is 0.0582. The Kier molecular flexibility index (Phi) is 9.32. The number of hydrogen-bond donors (Lipinski definition) is 4. The van der Waals surface area contributed by atoms with Gasteiger partial charge in [0.1, 0.15) is 24.4 Å². The molecule has 0 spiro atoms. The molecule has 0 aliphatic carbocycles. The largest absolute Gasteiger partial charge is 0.496 e. The number of rotatable bonds is 11. The third-order valence-electron chi connectivity index (χ3n) is 4.81. The van der Waals surface area contributed by atoms with E-state index in [-0.39, 0.29) is 30.0 Å². The summed E-state index contributed by atoms with van der Waals surface area (Å²) in [5.74, 6) is -1.58. The third-order valence-corrected chi connectivity index (χ3v) is 4.81. The molecule has 0 bridgehead atoms. The Labute approximate surface area is 195 Å². The highest BCUT2D eigenvalue weighted by molar-refractivity contribution is 5.91. The number of alkyl carbamates (subject to hydrolysis) is 1. The number of nitro benzene ring substituents is 1. The first-order valence-corrected chi connectivity index (χ1v) is 10.2. The molecule has 182 valence electrons. The van der Waals surface area contributed by atoms with E-state index in [1.807, 2.05) is 0 Å². The number of aliphatic hydroxyl groups excluding tert-OH is 1. The van der Waals surface area contributed by atoms with Gasteiger partial charge in [-0.15, -0.1) is 0 Å². The second-order valence-corrected chi connectivity index (χ2v) is 7.35. The van der Waals surface area contributed by atoms with Crippen LogP contribution in [0, 0.1) is 10.1 Å². The lowest BCUT2D eigenvalue weighted by Crippen LogP contribution is -2.57. The zero-order valence-corrected chi connectivity index (χ0v) is 18.6. The molecule has 0 saturated carbocycles. The Morgan fingerprint density at radius 2 is 1.82 bits per heavy atom. The molecule has 0 fully saturated rings. The molecular weight excluding hydrogens is 448 g/mol. The van der Waals surface area contributed by atoms with E-state index in [9.17, 15) is 29.6 Å². The van der Waals surface area contributed by atoms with Crippen molar-refractivity contribution in [3.8, 4) is 5.75 Å². The van der Waals surface area contributed by atoms with Crippen molar-refractivity contribution >= 4 is 23.6 Å². The second-order valence-electron chi connectivity index (χ2n) is 7.35. The van der Waals surface area contributed by atoms with Gasteiger partial charge in [-0.2, -0.15) is 0 Å². The SMILES string of the molecule is COc1ccc([N+](=O)[O-])cc1C[C@@H](NC(=O)[C@@H](NC(=O)OCc1ccccc1)[C@@H](C)O)C(N)=O. The van der Waals surface area contributed by atoms with Crippen LogP contribution in [0.15, 0.2) is 48.5 Å². The summed E-state index contributed by atoms with van der Waals surface area (Å²) in [5, 5.41) is 25.7. The lowest BCUT2D eigenvalue weighted by atomic mass is 10.0. The normalized spacial score (nSPS) is 13.1. The van der Waals surface area contributed by atoms with E-state index in [4.69, 9.17) is 15.2 Å². The molecule has 12 nitrogen and oxygen atoms in total. The highest BCUT2D eigenvalue weighted by atomic mass is 16.6. The monoisotopic (exact) mass is 474 g/mol. The van der Waals surface area contributed by atoms with E-state index < -0.39 is 41.0 Å². The van der Waals surface area contributed by atoms with Gasteiger partial charge in [-0.1, -0.05) is 30.3 Å². The molecule has 0 aromatic heterocycles. The van der Waals surface area contributed by atoms with E-state index in [0.717, 1.165) is 5.56 Å². The Hall–Kier alpha value is -4.19. The van der Waals surface area contributed by atoms with Crippen molar-refractivity contribution < 1.29 is 33.9 Å². The number of methoxy groups -OCH3 is 1. The fraction of sp³-hybridized carbons (Fsp3) is 0.318. The molecule has 2 aromatic carbocycles. The van der Waals surface area contributed by atoms with Crippen LogP contribution in [-0.4, -0.2) is 53.2 Å². The Morgan fingerprint density at radius 3 is 2.38 bits per heavy atom. The number of benzene rings is 2. The summed E-state index contributed by atoms with van der Waals surface area (Å²) in [7, 11) is 1.34. The molecule has 3 amide bonds. The summed E-state index contributed by atoms with van der Waals surface area (Å²) in [4.78, 5) is 47.3. The summed E-state index contributed by atoms with van der Waals surface area (Å²) < 4.78 is 10.2. The van der Waals surface area contributed by atoms with E-state index in [2.05, 4.69) is 10.6 Å². The first-order valence-electron chi connectivity index (χ1n) is 10.2. The Bertz CT molecular complexity index is 1030. The fourth-order valence-corrected chi connectivity index (χ4v) is 3.04. The average molecular weight is 474 g/mol. The van der Waals surface area contributed by atoms with Crippen LogP contribution in [0.1, 0.15) is 18.1 Å². The van der Waals surface area contributed by atoms with Crippen LogP contribution in [0.3, 0.4) is 0 Å². The molecule has 12 heteroatoms. The van der Waals surface area contributed by atoms with Gasteiger partial charge in [-0.3, -0.25) is 19.7 Å². The van der Waals surface area contributed by atoms with Crippen LogP contribution < -0.4 is 21.1 Å². The van der Waals surface area contributed by atoms with Crippen molar-refractivity contribution in [3.05, 3.63) is 69.8 Å². The van der Waals surface area contributed by atoms with E-state index in [0.29, 0.717) is 0 Å². The lowest BCUT2D eigenvalue weighted by Gasteiger charge is -2.24. The molecular formula is C22H26N4O8. The number of hydrogen-bond acceptors (Lipinski definition) is 8. The van der Waals surface area contributed by atoms with Crippen molar-refractivity contribution in [1.29, 1.82) is 0 Å². The summed E-state index contributed by atoms with van der Waals surface area (Å²) >= 11 is 0. The minimum Gasteiger partial charge on any atom is -0.496 e. The number of carbonyl (C=O) groups is 3. The maximum atomic E-state index is 12.7. The number of nitrogens with one attached hydrogen (secondary N) is 2. The number of non-ortho nitro benzene ring substituents is 1. The van der Waals surface area contributed by atoms with Crippen LogP contribution in [0.4, 0.5) is 10.5 Å². The van der Waals surface area contributed by atoms with Gasteiger partial charge >= 0.3 is 6.09 Å². The van der Waals surface area contributed by atoms with Crippen LogP contribution in [-0.2, 0) is 27.4 Å². The third kappa shape index (κ3) is 7.45. The number of amides is 3. The van der Waals surface area contributed by atoms with Gasteiger partial charge in [0.2, 0.25) is 11.8 Å². The number of nitro groups is 1. The molecule has 0 radical (unpaired) electrons. The maximum Gasteiger partial charge on any atom is 0.408 e. The molecule has 2 rings (SSSR count).